The summed E-state index contributed by atoms with van der Waals surface area (Å²) in [5.74, 6) is 0.905. The summed E-state index contributed by atoms with van der Waals surface area (Å²) in [6.45, 7) is 8.93. The van der Waals surface area contributed by atoms with E-state index in [1.54, 1.807) is 0 Å². The van der Waals surface area contributed by atoms with Gasteiger partial charge in [0.2, 0.25) is 0 Å². The van der Waals surface area contributed by atoms with E-state index >= 15 is 0 Å². The molecular formula is C15H31NO3. The number of nitrogens with zero attached hydrogens (tertiary/aromatic N) is 1. The van der Waals surface area contributed by atoms with Gasteiger partial charge in [0, 0.05) is 19.6 Å². The van der Waals surface area contributed by atoms with Crippen LogP contribution < -0.4 is 0 Å². The molecule has 4 heteroatoms. The van der Waals surface area contributed by atoms with E-state index in [4.69, 9.17) is 10.2 Å². The molecule has 0 radical (unpaired) electrons. The first-order chi connectivity index (χ1) is 8.88. The van der Waals surface area contributed by atoms with E-state index in [9.17, 15) is 5.11 Å². The van der Waals surface area contributed by atoms with Gasteiger partial charge in [0.05, 0.1) is 19.3 Å². The van der Waals surface area contributed by atoms with Gasteiger partial charge < -0.3 is 15.3 Å². The van der Waals surface area contributed by atoms with E-state index in [1.165, 1.54) is 0 Å². The average Bonchev–Trinajstić information content (AvgIpc) is 2.31. The van der Waals surface area contributed by atoms with Crippen LogP contribution in [0, 0.1) is 17.3 Å². The zero-order valence-corrected chi connectivity index (χ0v) is 12.7. The van der Waals surface area contributed by atoms with Crippen LogP contribution in [0.5, 0.6) is 0 Å². The largest absolute Gasteiger partial charge is 0.395 e. The van der Waals surface area contributed by atoms with Crippen molar-refractivity contribution in [1.82, 2.24) is 4.90 Å². The van der Waals surface area contributed by atoms with Crippen LogP contribution in [0.4, 0.5) is 0 Å². The zero-order valence-electron chi connectivity index (χ0n) is 12.7. The molecule has 0 saturated heterocycles. The van der Waals surface area contributed by atoms with Gasteiger partial charge in [-0.25, -0.2) is 0 Å². The van der Waals surface area contributed by atoms with Gasteiger partial charge >= 0.3 is 0 Å². The van der Waals surface area contributed by atoms with Gasteiger partial charge in [-0.2, -0.15) is 0 Å². The predicted molar refractivity (Wildman–Crippen MR) is 76.9 cm³/mol. The fourth-order valence-corrected chi connectivity index (χ4v) is 3.14. The second-order valence-electron chi connectivity index (χ2n) is 6.95. The van der Waals surface area contributed by atoms with E-state index in [0.29, 0.717) is 19.0 Å². The molecule has 3 N–H and O–H groups in total. The van der Waals surface area contributed by atoms with Crippen LogP contribution in [0.1, 0.15) is 40.0 Å². The Bertz CT molecular complexity index is 246. The lowest BCUT2D eigenvalue weighted by Gasteiger charge is -2.41. The first-order valence-corrected chi connectivity index (χ1v) is 7.50. The zero-order chi connectivity index (χ0) is 14.5. The highest BCUT2D eigenvalue weighted by atomic mass is 16.3. The van der Waals surface area contributed by atoms with Crippen molar-refractivity contribution in [2.24, 2.45) is 17.3 Å². The number of hydrogen-bond acceptors (Lipinski definition) is 4. The molecule has 0 amide bonds. The highest BCUT2D eigenvalue weighted by Gasteiger charge is 2.35. The van der Waals surface area contributed by atoms with Gasteiger partial charge in [0.25, 0.3) is 0 Å². The summed E-state index contributed by atoms with van der Waals surface area (Å²) in [7, 11) is 0. The topological polar surface area (TPSA) is 63.9 Å². The second kappa shape index (κ2) is 7.58. The molecule has 1 fully saturated rings. The summed E-state index contributed by atoms with van der Waals surface area (Å²) < 4.78 is 0. The molecule has 3 unspecified atom stereocenters. The highest BCUT2D eigenvalue weighted by molar-refractivity contribution is 4.87. The first kappa shape index (κ1) is 16.9. The molecule has 1 saturated carbocycles. The summed E-state index contributed by atoms with van der Waals surface area (Å²) in [6, 6.07) is 0. The summed E-state index contributed by atoms with van der Waals surface area (Å²) in [4.78, 5) is 2.05. The number of hydrogen-bond donors (Lipinski definition) is 3. The lowest BCUT2D eigenvalue weighted by molar-refractivity contribution is -0.000786. The van der Waals surface area contributed by atoms with Crippen LogP contribution in [0.25, 0.3) is 0 Å². The molecular weight excluding hydrogens is 242 g/mol. The third-order valence-corrected chi connectivity index (χ3v) is 4.49. The van der Waals surface area contributed by atoms with Gasteiger partial charge in [-0.15, -0.1) is 0 Å². The predicted octanol–water partition coefficient (Wildman–Crippen LogP) is 1.10. The molecule has 0 aromatic rings. The molecule has 1 aliphatic carbocycles. The normalized spacial score (nSPS) is 28.9. The SMILES string of the molecule is CC(C)(C)C1CCC(O)C(CN(CCO)CCO)C1. The Kier molecular flexibility index (Phi) is 6.74. The molecule has 0 spiro atoms. The molecule has 114 valence electrons. The van der Waals surface area contributed by atoms with Gasteiger partial charge in [-0.05, 0) is 36.5 Å². The fraction of sp³-hybridized carbons (Fsp3) is 1.00. The summed E-state index contributed by atoms with van der Waals surface area (Å²) in [5, 5.41) is 28.3. The van der Waals surface area contributed by atoms with Gasteiger partial charge in [-0.1, -0.05) is 20.8 Å². The van der Waals surface area contributed by atoms with Crippen molar-refractivity contribution >= 4 is 0 Å². The molecule has 19 heavy (non-hydrogen) atoms. The third-order valence-electron chi connectivity index (χ3n) is 4.49. The van der Waals surface area contributed by atoms with Crippen molar-refractivity contribution in [3.63, 3.8) is 0 Å². The average molecular weight is 273 g/mol. The van der Waals surface area contributed by atoms with Crippen LogP contribution in [0.2, 0.25) is 0 Å². The first-order valence-electron chi connectivity index (χ1n) is 7.50. The lowest BCUT2D eigenvalue weighted by Crippen LogP contribution is -2.43. The van der Waals surface area contributed by atoms with Crippen LogP contribution in [0.15, 0.2) is 0 Å². The van der Waals surface area contributed by atoms with Crippen molar-refractivity contribution in [2.45, 2.75) is 46.1 Å². The molecule has 0 aromatic carbocycles. The maximum atomic E-state index is 10.2. The monoisotopic (exact) mass is 273 g/mol. The molecule has 0 aromatic heterocycles. The van der Waals surface area contributed by atoms with Crippen molar-refractivity contribution in [3.8, 4) is 0 Å². The van der Waals surface area contributed by atoms with E-state index in [0.717, 1.165) is 25.8 Å². The molecule has 3 atom stereocenters. The summed E-state index contributed by atoms with van der Waals surface area (Å²) >= 11 is 0. The molecule has 0 aliphatic heterocycles. The maximum Gasteiger partial charge on any atom is 0.0580 e. The minimum absolute atomic E-state index is 0.103. The van der Waals surface area contributed by atoms with E-state index in [-0.39, 0.29) is 30.7 Å². The van der Waals surface area contributed by atoms with Gasteiger partial charge in [0.15, 0.2) is 0 Å². The van der Waals surface area contributed by atoms with Crippen LogP contribution in [0.3, 0.4) is 0 Å². The minimum atomic E-state index is -0.238. The Labute approximate surface area is 117 Å². The molecule has 4 nitrogen and oxygen atoms in total. The molecule has 0 heterocycles. The molecule has 1 aliphatic rings. The lowest BCUT2D eigenvalue weighted by atomic mass is 9.68. The Hall–Kier alpha value is -0.160. The van der Waals surface area contributed by atoms with Crippen molar-refractivity contribution in [2.75, 3.05) is 32.8 Å². The van der Waals surface area contributed by atoms with Crippen LogP contribution in [-0.2, 0) is 0 Å². The Morgan fingerprint density at radius 3 is 2.11 bits per heavy atom. The molecule has 0 bridgehead atoms. The number of rotatable bonds is 6. The standard InChI is InChI=1S/C15H31NO3/c1-15(2,3)13-4-5-14(19)12(10-13)11-16(6-8-17)7-9-18/h12-14,17-19H,4-11H2,1-3H3. The quantitative estimate of drug-likeness (QED) is 0.678. The second-order valence-corrected chi connectivity index (χ2v) is 6.95. The fourth-order valence-electron chi connectivity index (χ4n) is 3.14. The third kappa shape index (κ3) is 5.38. The van der Waals surface area contributed by atoms with Gasteiger partial charge in [-0.3, -0.25) is 4.90 Å². The van der Waals surface area contributed by atoms with Crippen molar-refractivity contribution < 1.29 is 15.3 Å². The van der Waals surface area contributed by atoms with Gasteiger partial charge in [0.1, 0.15) is 0 Å². The minimum Gasteiger partial charge on any atom is -0.395 e. The Morgan fingerprint density at radius 2 is 1.63 bits per heavy atom. The summed E-state index contributed by atoms with van der Waals surface area (Å²) in [6.07, 6.45) is 2.77. The highest BCUT2D eigenvalue weighted by Crippen LogP contribution is 2.40. The van der Waals surface area contributed by atoms with Crippen molar-refractivity contribution in [1.29, 1.82) is 0 Å². The van der Waals surface area contributed by atoms with Crippen LogP contribution >= 0.6 is 0 Å². The number of aliphatic hydroxyl groups excluding tert-OH is 3. The van der Waals surface area contributed by atoms with E-state index in [2.05, 4.69) is 25.7 Å². The van der Waals surface area contributed by atoms with Crippen molar-refractivity contribution in [3.05, 3.63) is 0 Å². The van der Waals surface area contributed by atoms with E-state index < -0.39 is 0 Å². The Balaban J connectivity index is 2.57. The Morgan fingerprint density at radius 1 is 1.05 bits per heavy atom. The van der Waals surface area contributed by atoms with E-state index in [1.807, 2.05) is 0 Å². The number of aliphatic hydroxyl groups is 3. The van der Waals surface area contributed by atoms with Crippen LogP contribution in [-0.4, -0.2) is 59.2 Å². The smallest absolute Gasteiger partial charge is 0.0580 e. The summed E-state index contributed by atoms with van der Waals surface area (Å²) in [5.41, 5.74) is 0.289. The molecule has 1 rings (SSSR count). The maximum absolute atomic E-state index is 10.2.